The van der Waals surface area contributed by atoms with Gasteiger partial charge in [0.1, 0.15) is 0 Å². The fourth-order valence-electron chi connectivity index (χ4n) is 2.42. The second kappa shape index (κ2) is 4.35. The Hall–Kier alpha value is -1.00. The maximum atomic E-state index is 4.57. The molecule has 4 heteroatoms. The summed E-state index contributed by atoms with van der Waals surface area (Å²) in [4.78, 5) is 8.99. The molecule has 1 atom stereocenters. The summed E-state index contributed by atoms with van der Waals surface area (Å²) in [5, 5.41) is 4.67. The second-order valence-electron chi connectivity index (χ2n) is 4.55. The Morgan fingerprint density at radius 3 is 3.00 bits per heavy atom. The third-order valence-corrected chi connectivity index (χ3v) is 3.60. The summed E-state index contributed by atoms with van der Waals surface area (Å²) in [6.07, 6.45) is 2.38. The highest BCUT2D eigenvalue weighted by Gasteiger charge is 2.20. The van der Waals surface area contributed by atoms with Crippen molar-refractivity contribution in [2.45, 2.75) is 25.8 Å². The van der Waals surface area contributed by atoms with Gasteiger partial charge in [-0.1, -0.05) is 11.6 Å². The number of hydrogen-bond donors (Lipinski definition) is 1. The summed E-state index contributed by atoms with van der Waals surface area (Å²) < 4.78 is 0.678. The predicted octanol–water partition coefficient (Wildman–Crippen LogP) is 3.13. The van der Waals surface area contributed by atoms with Crippen molar-refractivity contribution in [1.29, 1.82) is 0 Å². The topological polar surface area (TPSA) is 37.8 Å². The van der Waals surface area contributed by atoms with Gasteiger partial charge in [-0.25, -0.2) is 9.97 Å². The average molecular weight is 292 g/mol. The summed E-state index contributed by atoms with van der Waals surface area (Å²) in [6, 6.07) is 6.71. The molecule has 2 heterocycles. The van der Waals surface area contributed by atoms with E-state index in [1.165, 1.54) is 17.4 Å². The maximum absolute atomic E-state index is 4.57. The van der Waals surface area contributed by atoms with Crippen molar-refractivity contribution in [3.63, 3.8) is 0 Å². The lowest BCUT2D eigenvalue weighted by atomic mass is 10.0. The number of aromatic nitrogens is 2. The van der Waals surface area contributed by atoms with Crippen LogP contribution >= 0.6 is 15.9 Å². The fourth-order valence-corrected chi connectivity index (χ4v) is 2.80. The van der Waals surface area contributed by atoms with E-state index >= 15 is 0 Å². The van der Waals surface area contributed by atoms with E-state index in [0.29, 0.717) is 10.8 Å². The Kier molecular flexibility index (Phi) is 2.84. The van der Waals surface area contributed by atoms with E-state index < -0.39 is 0 Å². The predicted molar refractivity (Wildman–Crippen MR) is 72.0 cm³/mol. The highest BCUT2D eigenvalue weighted by Crippen LogP contribution is 2.29. The van der Waals surface area contributed by atoms with Gasteiger partial charge in [0.25, 0.3) is 0 Å². The van der Waals surface area contributed by atoms with Gasteiger partial charge in [0, 0.05) is 5.39 Å². The van der Waals surface area contributed by atoms with E-state index in [2.05, 4.69) is 56.3 Å². The minimum atomic E-state index is 0.374. The zero-order chi connectivity index (χ0) is 11.8. The standard InChI is InChI=1S/C13H14BrN3/c1-8-4-5-10-9(7-8)12(17-13(14)16-10)11-3-2-6-15-11/h4-5,7,11,15H,2-3,6H2,1H3. The molecule has 0 saturated carbocycles. The molecule has 3 nitrogen and oxygen atoms in total. The monoisotopic (exact) mass is 291 g/mol. The van der Waals surface area contributed by atoms with Gasteiger partial charge in [0.2, 0.25) is 0 Å². The van der Waals surface area contributed by atoms with Crippen LogP contribution in [-0.4, -0.2) is 16.5 Å². The number of aryl methyl sites for hydroxylation is 1. The zero-order valence-corrected chi connectivity index (χ0v) is 11.3. The smallest absolute Gasteiger partial charge is 0.197 e. The zero-order valence-electron chi connectivity index (χ0n) is 9.70. The highest BCUT2D eigenvalue weighted by molar-refractivity contribution is 9.10. The number of benzene rings is 1. The van der Waals surface area contributed by atoms with Crippen molar-refractivity contribution in [2.24, 2.45) is 0 Å². The van der Waals surface area contributed by atoms with Crippen molar-refractivity contribution in [1.82, 2.24) is 15.3 Å². The first-order valence-electron chi connectivity index (χ1n) is 5.91. The molecule has 1 aliphatic rings. The summed E-state index contributed by atoms with van der Waals surface area (Å²) in [6.45, 7) is 3.19. The number of nitrogens with one attached hydrogen (secondary N) is 1. The highest BCUT2D eigenvalue weighted by atomic mass is 79.9. The molecule has 17 heavy (non-hydrogen) atoms. The molecule has 0 spiro atoms. The lowest BCUT2D eigenvalue weighted by molar-refractivity contribution is 0.630. The largest absolute Gasteiger partial charge is 0.309 e. The van der Waals surface area contributed by atoms with E-state index in [0.717, 1.165) is 24.2 Å². The number of fused-ring (bicyclic) bond motifs is 1. The van der Waals surface area contributed by atoms with Gasteiger partial charge in [0.05, 0.1) is 17.3 Å². The van der Waals surface area contributed by atoms with Crippen LogP contribution in [0.15, 0.2) is 22.9 Å². The van der Waals surface area contributed by atoms with Crippen LogP contribution in [0.2, 0.25) is 0 Å². The van der Waals surface area contributed by atoms with Crippen LogP contribution < -0.4 is 5.32 Å². The van der Waals surface area contributed by atoms with Gasteiger partial charge in [0.15, 0.2) is 4.73 Å². The molecule has 1 fully saturated rings. The molecular formula is C13H14BrN3. The summed E-state index contributed by atoms with van der Waals surface area (Å²) in [7, 11) is 0. The van der Waals surface area contributed by atoms with Gasteiger partial charge < -0.3 is 5.32 Å². The Balaban J connectivity index is 2.23. The molecule has 0 bridgehead atoms. The Bertz CT molecular complexity index is 562. The lowest BCUT2D eigenvalue weighted by Crippen LogP contribution is -2.15. The molecular weight excluding hydrogens is 278 g/mol. The molecule has 1 unspecified atom stereocenters. The van der Waals surface area contributed by atoms with Crippen LogP contribution in [0.1, 0.15) is 30.1 Å². The van der Waals surface area contributed by atoms with Crippen LogP contribution in [0.4, 0.5) is 0 Å². The van der Waals surface area contributed by atoms with Gasteiger partial charge in [-0.05, 0) is 54.4 Å². The quantitative estimate of drug-likeness (QED) is 0.821. The Morgan fingerprint density at radius 2 is 2.24 bits per heavy atom. The maximum Gasteiger partial charge on any atom is 0.197 e. The van der Waals surface area contributed by atoms with Crippen LogP contribution in [0, 0.1) is 6.92 Å². The number of halogens is 1. The second-order valence-corrected chi connectivity index (χ2v) is 5.26. The van der Waals surface area contributed by atoms with Gasteiger partial charge in [-0.15, -0.1) is 0 Å². The van der Waals surface area contributed by atoms with Crippen molar-refractivity contribution >= 4 is 26.8 Å². The SMILES string of the molecule is Cc1ccc2nc(Br)nc(C3CCCN3)c2c1. The van der Waals surface area contributed by atoms with Crippen molar-refractivity contribution < 1.29 is 0 Å². The van der Waals surface area contributed by atoms with Gasteiger partial charge in [-0.2, -0.15) is 0 Å². The van der Waals surface area contributed by atoms with Crippen molar-refractivity contribution in [3.8, 4) is 0 Å². The van der Waals surface area contributed by atoms with E-state index in [1.54, 1.807) is 0 Å². The fraction of sp³-hybridized carbons (Fsp3) is 0.385. The van der Waals surface area contributed by atoms with Crippen LogP contribution in [0.5, 0.6) is 0 Å². The number of hydrogen-bond acceptors (Lipinski definition) is 3. The molecule has 88 valence electrons. The minimum Gasteiger partial charge on any atom is -0.309 e. The first kappa shape index (κ1) is 11.1. The number of nitrogens with zero attached hydrogens (tertiary/aromatic N) is 2. The molecule has 1 saturated heterocycles. The molecule has 0 radical (unpaired) electrons. The van der Waals surface area contributed by atoms with Crippen molar-refractivity contribution in [3.05, 3.63) is 34.2 Å². The van der Waals surface area contributed by atoms with E-state index in [9.17, 15) is 0 Å². The van der Waals surface area contributed by atoms with Crippen LogP contribution in [-0.2, 0) is 0 Å². The molecule has 3 rings (SSSR count). The summed E-state index contributed by atoms with van der Waals surface area (Å²) in [5.74, 6) is 0. The summed E-state index contributed by atoms with van der Waals surface area (Å²) in [5.41, 5.74) is 3.40. The molecule has 1 aromatic heterocycles. The van der Waals surface area contributed by atoms with Crippen LogP contribution in [0.25, 0.3) is 10.9 Å². The van der Waals surface area contributed by atoms with E-state index in [1.807, 2.05) is 0 Å². The molecule has 2 aromatic rings. The Morgan fingerprint density at radius 1 is 1.35 bits per heavy atom. The normalized spacial score (nSPS) is 20.0. The lowest BCUT2D eigenvalue weighted by Gasteiger charge is -2.13. The third-order valence-electron chi connectivity index (χ3n) is 3.24. The van der Waals surface area contributed by atoms with Crippen molar-refractivity contribution in [2.75, 3.05) is 6.54 Å². The molecule has 1 N–H and O–H groups in total. The third kappa shape index (κ3) is 2.07. The van der Waals surface area contributed by atoms with E-state index in [-0.39, 0.29) is 0 Å². The summed E-state index contributed by atoms with van der Waals surface area (Å²) >= 11 is 3.40. The molecule has 0 amide bonds. The molecule has 0 aliphatic carbocycles. The average Bonchev–Trinajstić information content (AvgIpc) is 2.82. The Labute approximate surface area is 109 Å². The number of rotatable bonds is 1. The van der Waals surface area contributed by atoms with E-state index in [4.69, 9.17) is 0 Å². The molecule has 1 aromatic carbocycles. The van der Waals surface area contributed by atoms with Gasteiger partial charge in [-0.3, -0.25) is 0 Å². The van der Waals surface area contributed by atoms with Gasteiger partial charge >= 0.3 is 0 Å². The van der Waals surface area contributed by atoms with Crippen LogP contribution in [0.3, 0.4) is 0 Å². The first-order chi connectivity index (χ1) is 8.24. The minimum absolute atomic E-state index is 0.374. The molecule has 1 aliphatic heterocycles. The first-order valence-corrected chi connectivity index (χ1v) is 6.70.